The van der Waals surface area contributed by atoms with E-state index in [4.69, 9.17) is 4.74 Å². The Morgan fingerprint density at radius 3 is 2.88 bits per heavy atom. The molecule has 7 nitrogen and oxygen atoms in total. The van der Waals surface area contributed by atoms with E-state index in [1.165, 1.54) is 17.3 Å². The van der Waals surface area contributed by atoms with E-state index in [1.54, 1.807) is 11.0 Å². The number of fused-ring (bicyclic) bond motifs is 2. The molecule has 0 bridgehead atoms. The highest BCUT2D eigenvalue weighted by Crippen LogP contribution is 2.40. The number of anilines is 3. The van der Waals surface area contributed by atoms with Crippen molar-refractivity contribution < 1.29 is 13.9 Å². The molecule has 2 aliphatic rings. The van der Waals surface area contributed by atoms with Crippen molar-refractivity contribution in [3.05, 3.63) is 59.0 Å². The maximum atomic E-state index is 14.8. The van der Waals surface area contributed by atoms with Crippen LogP contribution in [-0.4, -0.2) is 35.1 Å². The predicted molar refractivity (Wildman–Crippen MR) is 125 cm³/mol. The molecule has 8 heteroatoms. The molecule has 0 atom stereocenters. The molecule has 33 heavy (non-hydrogen) atoms. The second kappa shape index (κ2) is 8.44. The molecule has 3 aromatic rings. The summed E-state index contributed by atoms with van der Waals surface area (Å²) in [5, 5.41) is 6.56. The van der Waals surface area contributed by atoms with Crippen molar-refractivity contribution in [3.8, 4) is 17.0 Å². The lowest BCUT2D eigenvalue weighted by Crippen LogP contribution is -2.43. The molecule has 0 radical (unpaired) electrons. The molecular formula is C25H26FN5O2. The third-order valence-electron chi connectivity index (χ3n) is 6.01. The third-order valence-corrected chi connectivity index (χ3v) is 6.01. The number of nitrogens with one attached hydrogen (secondary N) is 2. The van der Waals surface area contributed by atoms with Gasteiger partial charge in [0.15, 0.2) is 12.4 Å². The van der Waals surface area contributed by atoms with E-state index in [1.807, 2.05) is 32.9 Å². The Balaban J connectivity index is 1.51. The van der Waals surface area contributed by atoms with E-state index in [0.29, 0.717) is 22.9 Å². The fraction of sp³-hybridized carbons (Fsp3) is 0.320. The minimum atomic E-state index is -0.534. The Hall–Kier alpha value is -3.52. The number of carbonyl (C=O) groups is 1. The summed E-state index contributed by atoms with van der Waals surface area (Å²) in [6, 6.07) is 9.70. The summed E-state index contributed by atoms with van der Waals surface area (Å²) < 4.78 is 20.5. The Labute approximate surface area is 192 Å². The average Bonchev–Trinajstić information content (AvgIpc) is 2.79. The number of hydrogen-bond donors (Lipinski definition) is 2. The number of benzene rings is 2. The van der Waals surface area contributed by atoms with Gasteiger partial charge in [-0.25, -0.2) is 14.4 Å². The molecule has 2 aromatic carbocycles. The number of rotatable bonds is 4. The van der Waals surface area contributed by atoms with Crippen LogP contribution in [0.25, 0.3) is 11.3 Å². The molecule has 0 saturated heterocycles. The van der Waals surface area contributed by atoms with Gasteiger partial charge in [0, 0.05) is 23.8 Å². The molecule has 1 aromatic heterocycles. The first-order valence-corrected chi connectivity index (χ1v) is 11.1. The zero-order chi connectivity index (χ0) is 23.1. The van der Waals surface area contributed by atoms with Gasteiger partial charge in [-0.2, -0.15) is 0 Å². The van der Waals surface area contributed by atoms with Gasteiger partial charge in [0.2, 0.25) is 5.95 Å². The van der Waals surface area contributed by atoms with E-state index in [2.05, 4.69) is 32.7 Å². The van der Waals surface area contributed by atoms with Gasteiger partial charge >= 0.3 is 0 Å². The maximum absolute atomic E-state index is 14.8. The van der Waals surface area contributed by atoms with Crippen LogP contribution in [0.5, 0.6) is 5.75 Å². The van der Waals surface area contributed by atoms with Crippen LogP contribution >= 0.6 is 0 Å². The van der Waals surface area contributed by atoms with Crippen LogP contribution in [0, 0.1) is 12.7 Å². The van der Waals surface area contributed by atoms with Gasteiger partial charge in [0.1, 0.15) is 11.4 Å². The van der Waals surface area contributed by atoms with Gasteiger partial charge in [-0.3, -0.25) is 4.79 Å². The molecule has 0 unspecified atom stereocenters. The Morgan fingerprint density at radius 1 is 1.21 bits per heavy atom. The summed E-state index contributed by atoms with van der Waals surface area (Å²) >= 11 is 0. The van der Waals surface area contributed by atoms with E-state index in [0.717, 1.165) is 30.8 Å². The van der Waals surface area contributed by atoms with Gasteiger partial charge in [-0.15, -0.1) is 0 Å². The Kier molecular flexibility index (Phi) is 5.46. The number of aromatic nitrogens is 2. The summed E-state index contributed by atoms with van der Waals surface area (Å²) in [7, 11) is 0. The molecule has 0 spiro atoms. The number of ether oxygens (including phenoxy) is 1. The lowest BCUT2D eigenvalue weighted by atomic mass is 10.0. The smallest absolute Gasteiger partial charge is 0.265 e. The van der Waals surface area contributed by atoms with Gasteiger partial charge in [-0.1, -0.05) is 6.07 Å². The second-order valence-electron chi connectivity index (χ2n) is 8.71. The van der Waals surface area contributed by atoms with Crippen molar-refractivity contribution in [3.63, 3.8) is 0 Å². The zero-order valence-corrected chi connectivity index (χ0v) is 18.9. The number of nitrogens with zero attached hydrogens (tertiary/aromatic N) is 3. The maximum Gasteiger partial charge on any atom is 0.265 e. The number of amides is 1. The van der Waals surface area contributed by atoms with Gasteiger partial charge in [0.25, 0.3) is 5.91 Å². The minimum Gasteiger partial charge on any atom is -0.481 e. The highest BCUT2D eigenvalue weighted by molar-refractivity contribution is 5.99. The number of carbonyl (C=O) groups excluding carboxylic acids is 1. The number of aryl methyl sites for hydroxylation is 1. The SMILES string of the molecule is Cc1cc(-c2nc(Nc3ccc4c(c3)CNCC4)ncc2F)cc2c1OCC(=O)N2C(C)C. The van der Waals surface area contributed by atoms with Gasteiger partial charge in [0.05, 0.1) is 11.9 Å². The molecule has 3 heterocycles. The van der Waals surface area contributed by atoms with Crippen molar-refractivity contribution in [1.29, 1.82) is 0 Å². The van der Waals surface area contributed by atoms with Crippen LogP contribution in [-0.2, 0) is 17.8 Å². The van der Waals surface area contributed by atoms with Gasteiger partial charge < -0.3 is 20.3 Å². The Bertz CT molecular complexity index is 1240. The normalized spacial score (nSPS) is 15.2. The van der Waals surface area contributed by atoms with Crippen LogP contribution in [0.1, 0.15) is 30.5 Å². The number of hydrogen-bond acceptors (Lipinski definition) is 6. The van der Waals surface area contributed by atoms with Crippen LogP contribution < -0.4 is 20.3 Å². The average molecular weight is 448 g/mol. The monoisotopic (exact) mass is 447 g/mol. The molecule has 0 aliphatic carbocycles. The first-order valence-electron chi connectivity index (χ1n) is 11.1. The summed E-state index contributed by atoms with van der Waals surface area (Å²) in [6.07, 6.45) is 2.17. The largest absolute Gasteiger partial charge is 0.481 e. The summed E-state index contributed by atoms with van der Waals surface area (Å²) in [5.74, 6) is 0.288. The van der Waals surface area contributed by atoms with Crippen LogP contribution in [0.2, 0.25) is 0 Å². The summed E-state index contributed by atoms with van der Waals surface area (Å²) in [4.78, 5) is 22.8. The van der Waals surface area contributed by atoms with Crippen molar-refractivity contribution in [2.45, 2.75) is 39.8 Å². The molecule has 170 valence electrons. The quantitative estimate of drug-likeness (QED) is 0.627. The van der Waals surface area contributed by atoms with Crippen LogP contribution in [0.4, 0.5) is 21.7 Å². The lowest BCUT2D eigenvalue weighted by molar-refractivity contribution is -0.121. The molecule has 2 aliphatic heterocycles. The fourth-order valence-electron chi connectivity index (χ4n) is 4.48. The second-order valence-corrected chi connectivity index (χ2v) is 8.71. The minimum absolute atomic E-state index is 0.00238. The third kappa shape index (κ3) is 4.02. The molecular weight excluding hydrogens is 421 g/mol. The van der Waals surface area contributed by atoms with Crippen molar-refractivity contribution in [1.82, 2.24) is 15.3 Å². The first-order chi connectivity index (χ1) is 15.9. The highest BCUT2D eigenvalue weighted by Gasteiger charge is 2.30. The molecule has 1 amide bonds. The van der Waals surface area contributed by atoms with Crippen molar-refractivity contribution >= 4 is 23.2 Å². The van der Waals surface area contributed by atoms with E-state index < -0.39 is 5.82 Å². The van der Waals surface area contributed by atoms with E-state index in [-0.39, 0.29) is 24.2 Å². The molecule has 0 fully saturated rings. The topological polar surface area (TPSA) is 79.4 Å². The first kappa shape index (κ1) is 21.3. The fourth-order valence-corrected chi connectivity index (χ4v) is 4.48. The van der Waals surface area contributed by atoms with Crippen LogP contribution in [0.15, 0.2) is 36.5 Å². The highest BCUT2D eigenvalue weighted by atomic mass is 19.1. The lowest BCUT2D eigenvalue weighted by Gasteiger charge is -2.33. The van der Waals surface area contributed by atoms with Gasteiger partial charge in [-0.05, 0) is 74.7 Å². The van der Waals surface area contributed by atoms with E-state index >= 15 is 0 Å². The molecule has 5 rings (SSSR count). The summed E-state index contributed by atoms with van der Waals surface area (Å²) in [6.45, 7) is 7.57. The number of halogens is 1. The molecule has 2 N–H and O–H groups in total. The van der Waals surface area contributed by atoms with Crippen molar-refractivity contribution in [2.75, 3.05) is 23.4 Å². The van der Waals surface area contributed by atoms with Crippen LogP contribution in [0.3, 0.4) is 0 Å². The summed E-state index contributed by atoms with van der Waals surface area (Å²) in [5.41, 5.74) is 5.59. The Morgan fingerprint density at radius 2 is 2.06 bits per heavy atom. The van der Waals surface area contributed by atoms with E-state index in [9.17, 15) is 9.18 Å². The standard InChI is InChI=1S/C25H26FN5O2/c1-14(2)31-21-10-17(8-15(3)24(21)33-13-22(31)32)23-20(26)12-28-25(30-23)29-19-5-4-16-6-7-27-11-18(16)9-19/h4-5,8-10,12,14,27H,6-7,11,13H2,1-3H3,(H,28,29,30). The predicted octanol–water partition coefficient (Wildman–Crippen LogP) is 4.11. The molecule has 0 saturated carbocycles. The van der Waals surface area contributed by atoms with Crippen molar-refractivity contribution in [2.24, 2.45) is 0 Å². The zero-order valence-electron chi connectivity index (χ0n) is 18.9.